The standard InChI is InChI=1S/C13H10ClNO4/c1-6-7(2)12(17)15(11(6)16)8-3-4-9(13(18)19)10(14)5-8/h3-5H,1-2H3,(H,18,19). The van der Waals surface area contributed by atoms with E-state index < -0.39 is 17.8 Å². The number of carboxylic acids is 1. The van der Waals surface area contributed by atoms with Gasteiger partial charge in [-0.2, -0.15) is 0 Å². The molecule has 0 bridgehead atoms. The van der Waals surface area contributed by atoms with E-state index in [2.05, 4.69) is 0 Å². The molecule has 5 nitrogen and oxygen atoms in total. The van der Waals surface area contributed by atoms with E-state index in [1.165, 1.54) is 18.2 Å². The van der Waals surface area contributed by atoms with E-state index in [0.29, 0.717) is 11.1 Å². The Morgan fingerprint density at radius 3 is 2.11 bits per heavy atom. The lowest BCUT2D eigenvalue weighted by atomic mass is 10.2. The van der Waals surface area contributed by atoms with Gasteiger partial charge < -0.3 is 5.11 Å². The quantitative estimate of drug-likeness (QED) is 0.843. The van der Waals surface area contributed by atoms with E-state index >= 15 is 0 Å². The zero-order chi connectivity index (χ0) is 14.3. The maximum atomic E-state index is 11.9. The van der Waals surface area contributed by atoms with Crippen molar-refractivity contribution in [2.24, 2.45) is 0 Å². The topological polar surface area (TPSA) is 74.7 Å². The van der Waals surface area contributed by atoms with E-state index in [4.69, 9.17) is 16.7 Å². The minimum absolute atomic E-state index is 0.0205. The van der Waals surface area contributed by atoms with Gasteiger partial charge in [0.25, 0.3) is 11.8 Å². The molecule has 1 aliphatic heterocycles. The maximum absolute atomic E-state index is 11.9. The van der Waals surface area contributed by atoms with Crippen LogP contribution in [-0.4, -0.2) is 22.9 Å². The van der Waals surface area contributed by atoms with Crippen molar-refractivity contribution < 1.29 is 19.5 Å². The van der Waals surface area contributed by atoms with Crippen molar-refractivity contribution in [3.8, 4) is 0 Å². The number of hydrogen-bond donors (Lipinski definition) is 1. The van der Waals surface area contributed by atoms with Gasteiger partial charge in [0.05, 0.1) is 16.3 Å². The first-order chi connectivity index (χ1) is 8.84. The number of benzene rings is 1. The Kier molecular flexibility index (Phi) is 3.16. The zero-order valence-corrected chi connectivity index (χ0v) is 11.0. The lowest BCUT2D eigenvalue weighted by Gasteiger charge is -2.15. The van der Waals surface area contributed by atoms with Gasteiger partial charge in [-0.05, 0) is 32.0 Å². The number of anilines is 1. The second-order valence-corrected chi connectivity index (χ2v) is 4.57. The van der Waals surface area contributed by atoms with E-state index in [1.807, 2.05) is 0 Å². The average Bonchev–Trinajstić information content (AvgIpc) is 2.53. The average molecular weight is 280 g/mol. The number of halogens is 1. The number of carbonyl (C=O) groups excluding carboxylic acids is 2. The number of hydrogen-bond acceptors (Lipinski definition) is 3. The van der Waals surface area contributed by atoms with Crippen molar-refractivity contribution in [3.05, 3.63) is 39.9 Å². The van der Waals surface area contributed by atoms with Gasteiger partial charge in [0, 0.05) is 11.1 Å². The molecule has 0 spiro atoms. The van der Waals surface area contributed by atoms with E-state index in [0.717, 1.165) is 4.90 Å². The van der Waals surface area contributed by atoms with Gasteiger partial charge in [-0.25, -0.2) is 9.69 Å². The summed E-state index contributed by atoms with van der Waals surface area (Å²) in [6.07, 6.45) is 0. The first kappa shape index (κ1) is 13.3. The molecular weight excluding hydrogens is 270 g/mol. The minimum Gasteiger partial charge on any atom is -0.478 e. The maximum Gasteiger partial charge on any atom is 0.337 e. The third-order valence-corrected chi connectivity index (χ3v) is 3.36. The van der Waals surface area contributed by atoms with Crippen molar-refractivity contribution in [1.29, 1.82) is 0 Å². The number of carboxylic acid groups (broad SMARTS) is 1. The number of amides is 2. The highest BCUT2D eigenvalue weighted by atomic mass is 35.5. The number of imide groups is 1. The lowest BCUT2D eigenvalue weighted by molar-refractivity contribution is -0.120. The summed E-state index contributed by atoms with van der Waals surface area (Å²) < 4.78 is 0. The fraction of sp³-hybridized carbons (Fsp3) is 0.154. The smallest absolute Gasteiger partial charge is 0.337 e. The molecule has 0 aliphatic carbocycles. The molecule has 1 aromatic carbocycles. The molecule has 1 aliphatic rings. The second kappa shape index (κ2) is 4.51. The molecule has 2 rings (SSSR count). The van der Waals surface area contributed by atoms with Crippen LogP contribution in [0, 0.1) is 0 Å². The molecule has 1 heterocycles. The molecule has 1 N–H and O–H groups in total. The summed E-state index contributed by atoms with van der Waals surface area (Å²) in [5.74, 6) is -2.00. The van der Waals surface area contributed by atoms with Crippen LogP contribution in [0.1, 0.15) is 24.2 Å². The van der Waals surface area contributed by atoms with Gasteiger partial charge >= 0.3 is 5.97 Å². The van der Waals surface area contributed by atoms with Gasteiger partial charge in [0.1, 0.15) is 0 Å². The summed E-state index contributed by atoms with van der Waals surface area (Å²) in [5.41, 5.74) is 0.944. The van der Waals surface area contributed by atoms with Crippen LogP contribution in [0.5, 0.6) is 0 Å². The van der Waals surface area contributed by atoms with E-state index in [9.17, 15) is 14.4 Å². The zero-order valence-electron chi connectivity index (χ0n) is 10.2. The van der Waals surface area contributed by atoms with Crippen molar-refractivity contribution in [1.82, 2.24) is 0 Å². The highest BCUT2D eigenvalue weighted by Gasteiger charge is 2.34. The van der Waals surface area contributed by atoms with Crippen LogP contribution >= 0.6 is 11.6 Å². The number of aromatic carboxylic acids is 1. The Bertz CT molecular complexity index is 624. The van der Waals surface area contributed by atoms with Crippen LogP contribution in [0.4, 0.5) is 5.69 Å². The van der Waals surface area contributed by atoms with Crippen LogP contribution < -0.4 is 4.90 Å². The predicted octanol–water partition coefficient (Wildman–Crippen LogP) is 2.25. The van der Waals surface area contributed by atoms with Crippen LogP contribution in [0.25, 0.3) is 0 Å². The first-order valence-electron chi connectivity index (χ1n) is 5.43. The molecule has 0 aromatic heterocycles. The normalized spacial score (nSPS) is 15.4. The van der Waals surface area contributed by atoms with Crippen LogP contribution in [0.2, 0.25) is 5.02 Å². The van der Waals surface area contributed by atoms with Gasteiger partial charge in [0.15, 0.2) is 0 Å². The molecule has 19 heavy (non-hydrogen) atoms. The van der Waals surface area contributed by atoms with Gasteiger partial charge in [-0.15, -0.1) is 0 Å². The minimum atomic E-state index is -1.17. The molecule has 0 radical (unpaired) electrons. The third-order valence-electron chi connectivity index (χ3n) is 3.05. The Morgan fingerprint density at radius 1 is 1.16 bits per heavy atom. The molecular formula is C13H10ClNO4. The lowest BCUT2D eigenvalue weighted by Crippen LogP contribution is -2.31. The Labute approximate surface area is 114 Å². The second-order valence-electron chi connectivity index (χ2n) is 4.17. The molecule has 98 valence electrons. The fourth-order valence-corrected chi connectivity index (χ4v) is 2.06. The van der Waals surface area contributed by atoms with Crippen LogP contribution in [-0.2, 0) is 9.59 Å². The highest BCUT2D eigenvalue weighted by molar-refractivity contribution is 6.35. The third kappa shape index (κ3) is 2.02. The number of nitrogens with zero attached hydrogens (tertiary/aromatic N) is 1. The molecule has 2 amide bonds. The fourth-order valence-electron chi connectivity index (χ4n) is 1.80. The monoisotopic (exact) mass is 279 g/mol. The number of rotatable bonds is 2. The Hall–Kier alpha value is -2.14. The van der Waals surface area contributed by atoms with Gasteiger partial charge in [-0.3, -0.25) is 9.59 Å². The predicted molar refractivity (Wildman–Crippen MR) is 69.3 cm³/mol. The van der Waals surface area contributed by atoms with Crippen LogP contribution in [0.15, 0.2) is 29.3 Å². The molecule has 0 atom stereocenters. The summed E-state index contributed by atoms with van der Waals surface area (Å²) in [7, 11) is 0. The van der Waals surface area contributed by atoms with Crippen molar-refractivity contribution in [3.63, 3.8) is 0 Å². The van der Waals surface area contributed by atoms with Crippen molar-refractivity contribution in [2.45, 2.75) is 13.8 Å². The molecule has 6 heteroatoms. The Balaban J connectivity index is 2.46. The van der Waals surface area contributed by atoms with Crippen molar-refractivity contribution in [2.75, 3.05) is 4.90 Å². The van der Waals surface area contributed by atoms with Crippen molar-refractivity contribution >= 4 is 35.1 Å². The molecule has 0 unspecified atom stereocenters. The van der Waals surface area contributed by atoms with Gasteiger partial charge in [-0.1, -0.05) is 11.6 Å². The van der Waals surface area contributed by atoms with Crippen LogP contribution in [0.3, 0.4) is 0 Å². The SMILES string of the molecule is CC1=C(C)C(=O)N(c2ccc(C(=O)O)c(Cl)c2)C1=O. The van der Waals surface area contributed by atoms with E-state index in [1.54, 1.807) is 13.8 Å². The summed E-state index contributed by atoms with van der Waals surface area (Å²) in [6, 6.07) is 3.95. The molecule has 0 saturated heterocycles. The Morgan fingerprint density at radius 2 is 1.68 bits per heavy atom. The summed E-state index contributed by atoms with van der Waals surface area (Å²) in [5, 5.41) is 8.85. The van der Waals surface area contributed by atoms with Gasteiger partial charge in [0.2, 0.25) is 0 Å². The van der Waals surface area contributed by atoms with E-state index in [-0.39, 0.29) is 16.3 Å². The summed E-state index contributed by atoms with van der Waals surface area (Å²) >= 11 is 5.83. The summed E-state index contributed by atoms with van der Waals surface area (Å²) in [6.45, 7) is 3.14. The molecule has 0 fully saturated rings. The largest absolute Gasteiger partial charge is 0.478 e. The molecule has 1 aromatic rings. The number of carbonyl (C=O) groups is 3. The highest BCUT2D eigenvalue weighted by Crippen LogP contribution is 2.29. The molecule has 0 saturated carbocycles. The first-order valence-corrected chi connectivity index (χ1v) is 5.81. The summed E-state index contributed by atoms with van der Waals surface area (Å²) in [4.78, 5) is 35.7.